The third-order valence-electron chi connectivity index (χ3n) is 4.32. The van der Waals surface area contributed by atoms with Crippen molar-refractivity contribution < 1.29 is 14.0 Å². The van der Waals surface area contributed by atoms with Gasteiger partial charge in [0.2, 0.25) is 0 Å². The van der Waals surface area contributed by atoms with Gasteiger partial charge in [-0.2, -0.15) is 0 Å². The van der Waals surface area contributed by atoms with Crippen molar-refractivity contribution in [3.63, 3.8) is 0 Å². The summed E-state index contributed by atoms with van der Waals surface area (Å²) >= 11 is 0. The van der Waals surface area contributed by atoms with Gasteiger partial charge in [-0.05, 0) is 29.7 Å². The first-order valence-electron chi connectivity index (χ1n) is 9.12. The molecule has 0 spiro atoms. The van der Waals surface area contributed by atoms with Crippen LogP contribution in [-0.4, -0.2) is 21.7 Å². The van der Waals surface area contributed by atoms with Gasteiger partial charge in [-0.3, -0.25) is 9.59 Å². The van der Waals surface area contributed by atoms with Gasteiger partial charge in [0.05, 0.1) is 5.56 Å². The molecule has 3 rings (SSSR count). The Kier molecular flexibility index (Phi) is 6.29. The van der Waals surface area contributed by atoms with Crippen molar-refractivity contribution in [1.82, 2.24) is 9.97 Å². The zero-order chi connectivity index (χ0) is 20.8. The predicted molar refractivity (Wildman–Crippen MR) is 108 cm³/mol. The zero-order valence-corrected chi connectivity index (χ0v) is 16.0. The molecule has 2 aromatic carbocycles. The van der Waals surface area contributed by atoms with Crippen LogP contribution in [0.1, 0.15) is 39.8 Å². The van der Waals surface area contributed by atoms with Crippen molar-refractivity contribution in [2.45, 2.75) is 26.3 Å². The second kappa shape index (κ2) is 9.05. The Balaban J connectivity index is 1.83. The van der Waals surface area contributed by atoms with E-state index in [-0.39, 0.29) is 17.8 Å². The van der Waals surface area contributed by atoms with Crippen LogP contribution in [0, 0.1) is 5.82 Å². The molecule has 6 nitrogen and oxygen atoms in total. The maximum atomic E-state index is 13.9. The Morgan fingerprint density at radius 1 is 1.10 bits per heavy atom. The third kappa shape index (κ3) is 5.44. The number of nitrogens with one attached hydrogen (secondary N) is 1. The maximum Gasteiger partial charge on any atom is 0.254 e. The SMILES string of the molecule is CC(=O)Cc1cc(Cc2ncc(C(N)=O)c(NCc3ccccc3)n2)ccc1F. The van der Waals surface area contributed by atoms with Gasteiger partial charge in [0.25, 0.3) is 5.91 Å². The van der Waals surface area contributed by atoms with Gasteiger partial charge in [-0.1, -0.05) is 42.5 Å². The van der Waals surface area contributed by atoms with Crippen LogP contribution in [0.15, 0.2) is 54.7 Å². The highest BCUT2D eigenvalue weighted by Gasteiger charge is 2.13. The molecule has 0 saturated carbocycles. The number of carbonyl (C=O) groups excluding carboxylic acids is 2. The van der Waals surface area contributed by atoms with Gasteiger partial charge in [0, 0.05) is 25.6 Å². The Hall–Kier alpha value is -3.61. The van der Waals surface area contributed by atoms with Crippen LogP contribution in [0.4, 0.5) is 10.2 Å². The molecule has 0 aliphatic rings. The summed E-state index contributed by atoms with van der Waals surface area (Å²) in [5, 5.41) is 3.13. The van der Waals surface area contributed by atoms with Crippen LogP contribution in [0.25, 0.3) is 0 Å². The van der Waals surface area contributed by atoms with E-state index in [4.69, 9.17) is 5.73 Å². The average Bonchev–Trinajstić information content (AvgIpc) is 2.69. The molecule has 3 N–H and O–H groups in total. The van der Waals surface area contributed by atoms with E-state index in [1.54, 1.807) is 12.1 Å². The lowest BCUT2D eigenvalue weighted by atomic mass is 10.0. The number of amides is 1. The molecule has 1 heterocycles. The molecule has 0 aliphatic carbocycles. The first-order chi connectivity index (χ1) is 13.9. The van der Waals surface area contributed by atoms with Gasteiger partial charge in [-0.15, -0.1) is 0 Å². The Labute approximate surface area is 168 Å². The summed E-state index contributed by atoms with van der Waals surface area (Å²) < 4.78 is 13.9. The lowest BCUT2D eigenvalue weighted by Crippen LogP contribution is -2.17. The predicted octanol–water partition coefficient (Wildman–Crippen LogP) is 3.05. The standard InChI is InChI=1S/C22H21FN4O2/c1-14(28)9-17-10-16(7-8-19(17)23)11-20-25-13-18(21(24)29)22(27-20)26-12-15-5-3-2-4-6-15/h2-8,10,13H,9,11-12H2,1H3,(H2,24,29)(H,25,26,27). The van der Waals surface area contributed by atoms with E-state index in [0.717, 1.165) is 11.1 Å². The Morgan fingerprint density at radius 3 is 2.55 bits per heavy atom. The normalized spacial score (nSPS) is 10.6. The first kappa shape index (κ1) is 20.1. The Bertz CT molecular complexity index is 1040. The largest absolute Gasteiger partial charge is 0.365 e. The van der Waals surface area contributed by atoms with Crippen molar-refractivity contribution >= 4 is 17.5 Å². The van der Waals surface area contributed by atoms with Crippen LogP contribution in [0.3, 0.4) is 0 Å². The number of nitrogens with two attached hydrogens (primary N) is 1. The van der Waals surface area contributed by atoms with Crippen LogP contribution in [-0.2, 0) is 24.2 Å². The molecule has 29 heavy (non-hydrogen) atoms. The fourth-order valence-corrected chi connectivity index (χ4v) is 2.92. The first-order valence-corrected chi connectivity index (χ1v) is 9.12. The minimum Gasteiger partial charge on any atom is -0.365 e. The third-order valence-corrected chi connectivity index (χ3v) is 4.32. The summed E-state index contributed by atoms with van der Waals surface area (Å²) in [6.07, 6.45) is 1.74. The van der Waals surface area contributed by atoms with Crippen molar-refractivity contribution in [2.75, 3.05) is 5.32 Å². The molecule has 3 aromatic rings. The highest BCUT2D eigenvalue weighted by Crippen LogP contribution is 2.17. The van der Waals surface area contributed by atoms with E-state index in [1.807, 2.05) is 30.3 Å². The lowest BCUT2D eigenvalue weighted by Gasteiger charge is -2.11. The van der Waals surface area contributed by atoms with E-state index in [2.05, 4.69) is 15.3 Å². The molecular weight excluding hydrogens is 371 g/mol. The average molecular weight is 392 g/mol. The van der Waals surface area contributed by atoms with Gasteiger partial charge in [0.1, 0.15) is 23.2 Å². The molecule has 1 aromatic heterocycles. The number of rotatable bonds is 8. The molecule has 0 fully saturated rings. The second-order valence-electron chi connectivity index (χ2n) is 6.73. The van der Waals surface area contributed by atoms with E-state index >= 15 is 0 Å². The number of hydrogen-bond donors (Lipinski definition) is 2. The zero-order valence-electron chi connectivity index (χ0n) is 16.0. The van der Waals surface area contributed by atoms with Gasteiger partial charge in [0.15, 0.2) is 0 Å². The monoisotopic (exact) mass is 392 g/mol. The number of anilines is 1. The second-order valence-corrected chi connectivity index (χ2v) is 6.73. The van der Waals surface area contributed by atoms with Crippen molar-refractivity contribution in [1.29, 1.82) is 0 Å². The topological polar surface area (TPSA) is 98.0 Å². The van der Waals surface area contributed by atoms with Crippen molar-refractivity contribution in [3.05, 3.63) is 88.6 Å². The molecule has 0 atom stereocenters. The molecule has 7 heteroatoms. The van der Waals surface area contributed by atoms with Crippen LogP contribution >= 0.6 is 0 Å². The van der Waals surface area contributed by atoms with E-state index < -0.39 is 11.7 Å². The number of nitrogens with zero attached hydrogens (tertiary/aromatic N) is 2. The molecule has 0 unspecified atom stereocenters. The Morgan fingerprint density at radius 2 is 1.86 bits per heavy atom. The van der Waals surface area contributed by atoms with E-state index in [9.17, 15) is 14.0 Å². The van der Waals surface area contributed by atoms with Crippen LogP contribution < -0.4 is 11.1 Å². The summed E-state index contributed by atoms with van der Waals surface area (Å²) in [6, 6.07) is 14.3. The van der Waals surface area contributed by atoms with Crippen molar-refractivity contribution in [3.8, 4) is 0 Å². The quantitative estimate of drug-likeness (QED) is 0.614. The number of Topliss-reactive ketones (excluding diaryl/α,β-unsaturated/α-hetero) is 1. The number of hydrogen-bond acceptors (Lipinski definition) is 5. The van der Waals surface area contributed by atoms with Gasteiger partial charge >= 0.3 is 0 Å². The summed E-state index contributed by atoms with van der Waals surface area (Å²) in [4.78, 5) is 31.7. The lowest BCUT2D eigenvalue weighted by molar-refractivity contribution is -0.116. The molecule has 0 bridgehead atoms. The minimum absolute atomic E-state index is 0.0328. The number of benzene rings is 2. The van der Waals surface area contributed by atoms with Gasteiger partial charge in [-0.25, -0.2) is 14.4 Å². The smallest absolute Gasteiger partial charge is 0.254 e. The summed E-state index contributed by atoms with van der Waals surface area (Å²) in [6.45, 7) is 1.89. The summed E-state index contributed by atoms with van der Waals surface area (Å²) in [7, 11) is 0. The molecule has 148 valence electrons. The fourth-order valence-electron chi connectivity index (χ4n) is 2.92. The molecular formula is C22H21FN4O2. The van der Waals surface area contributed by atoms with E-state index in [0.29, 0.717) is 30.2 Å². The number of aromatic nitrogens is 2. The minimum atomic E-state index is -0.627. The number of primary amides is 1. The summed E-state index contributed by atoms with van der Waals surface area (Å²) in [5.41, 5.74) is 7.76. The van der Waals surface area contributed by atoms with Gasteiger partial charge < -0.3 is 11.1 Å². The molecule has 0 aliphatic heterocycles. The fraction of sp³-hybridized carbons (Fsp3) is 0.182. The maximum absolute atomic E-state index is 13.9. The number of carbonyl (C=O) groups is 2. The number of halogens is 1. The van der Waals surface area contributed by atoms with Crippen LogP contribution in [0.5, 0.6) is 0 Å². The van der Waals surface area contributed by atoms with Crippen LogP contribution in [0.2, 0.25) is 0 Å². The summed E-state index contributed by atoms with van der Waals surface area (Å²) in [5.74, 6) is -0.365. The molecule has 0 saturated heterocycles. The number of ketones is 1. The highest BCUT2D eigenvalue weighted by atomic mass is 19.1. The van der Waals surface area contributed by atoms with E-state index in [1.165, 1.54) is 19.2 Å². The van der Waals surface area contributed by atoms with Crippen molar-refractivity contribution in [2.24, 2.45) is 5.73 Å². The molecule has 1 amide bonds. The molecule has 0 radical (unpaired) electrons. The highest BCUT2D eigenvalue weighted by molar-refractivity contribution is 5.97.